The molecule has 0 saturated carbocycles. The topological polar surface area (TPSA) is 107 Å². The van der Waals surface area contributed by atoms with Crippen molar-refractivity contribution in [1.82, 2.24) is 14.5 Å². The Hall–Kier alpha value is -3.99. The van der Waals surface area contributed by atoms with Crippen LogP contribution in [-0.2, 0) is 34.3 Å². The minimum Gasteiger partial charge on any atom is -0.331 e. The quantitative estimate of drug-likeness (QED) is 0.287. The second-order valence-electron chi connectivity index (χ2n) is 10.8. The smallest absolute Gasteiger partial charge is 0.254 e. The van der Waals surface area contributed by atoms with Crippen molar-refractivity contribution in [3.05, 3.63) is 112 Å². The third-order valence-corrected chi connectivity index (χ3v) is 8.44. The number of rotatable bonds is 9. The summed E-state index contributed by atoms with van der Waals surface area (Å²) in [5, 5.41) is 0.518. The normalized spacial score (nSPS) is 15.0. The van der Waals surface area contributed by atoms with Crippen molar-refractivity contribution in [3.63, 3.8) is 0 Å². The van der Waals surface area contributed by atoms with Crippen LogP contribution in [-0.4, -0.2) is 68.4 Å². The lowest BCUT2D eigenvalue weighted by molar-refractivity contribution is -0.119. The number of hydrogen-bond donors (Lipinski definition) is 1. The van der Waals surface area contributed by atoms with Crippen molar-refractivity contribution in [2.24, 2.45) is 0 Å². The molecule has 2 aliphatic rings. The van der Waals surface area contributed by atoms with E-state index < -0.39 is 10.0 Å². The molecule has 3 aromatic rings. The third kappa shape index (κ3) is 7.70. The monoisotopic (exact) mass is 620 g/mol. The fourth-order valence-corrected chi connectivity index (χ4v) is 5.84. The number of anilines is 1. The van der Waals surface area contributed by atoms with Crippen LogP contribution in [0.5, 0.6) is 0 Å². The van der Waals surface area contributed by atoms with Crippen molar-refractivity contribution >= 4 is 45.0 Å². The number of benzene rings is 3. The molecule has 0 bridgehead atoms. The number of amides is 3. The van der Waals surface area contributed by atoms with Crippen molar-refractivity contribution < 1.29 is 22.8 Å². The number of carbonyl (C=O) groups excluding carboxylic acids is 3. The summed E-state index contributed by atoms with van der Waals surface area (Å²) < 4.78 is 25.4. The molecule has 3 aromatic carbocycles. The van der Waals surface area contributed by atoms with E-state index >= 15 is 0 Å². The van der Waals surface area contributed by atoms with Gasteiger partial charge in [0, 0.05) is 48.0 Å². The number of hydrogen-bond acceptors (Lipinski definition) is 5. The van der Waals surface area contributed by atoms with Crippen molar-refractivity contribution in [2.75, 3.05) is 37.3 Å². The second-order valence-corrected chi connectivity index (χ2v) is 13.0. The Bertz CT molecular complexity index is 1650. The van der Waals surface area contributed by atoms with Crippen LogP contribution in [0.3, 0.4) is 0 Å². The van der Waals surface area contributed by atoms with Crippen LogP contribution in [0.4, 0.5) is 5.69 Å². The van der Waals surface area contributed by atoms with Crippen LogP contribution in [0, 0.1) is 0 Å². The molecule has 2 heterocycles. The third-order valence-electron chi connectivity index (χ3n) is 7.46. The van der Waals surface area contributed by atoms with Gasteiger partial charge in [-0.1, -0.05) is 48.0 Å². The summed E-state index contributed by atoms with van der Waals surface area (Å²) in [6.07, 6.45) is 6.25. The van der Waals surface area contributed by atoms with Crippen LogP contribution in [0.2, 0.25) is 5.02 Å². The molecule has 0 aromatic heterocycles. The van der Waals surface area contributed by atoms with E-state index in [9.17, 15) is 22.8 Å². The molecule has 0 saturated heterocycles. The maximum Gasteiger partial charge on any atom is 0.254 e. The van der Waals surface area contributed by atoms with E-state index in [1.807, 2.05) is 42.5 Å². The number of aryl methyl sites for hydroxylation is 1. The molecule has 1 N–H and O–H groups in total. The van der Waals surface area contributed by atoms with Crippen LogP contribution in [0.25, 0.3) is 0 Å². The molecule has 0 spiro atoms. The minimum absolute atomic E-state index is 0.0425. The van der Waals surface area contributed by atoms with E-state index in [4.69, 9.17) is 11.6 Å². The number of halogens is 1. The van der Waals surface area contributed by atoms with Crippen LogP contribution in [0.15, 0.2) is 78.9 Å². The molecule has 43 heavy (non-hydrogen) atoms. The molecule has 0 unspecified atom stereocenters. The zero-order valence-electron chi connectivity index (χ0n) is 23.8. The SMILES string of the molecule is CS(=O)(=O)NCCCc1ccc2c(c1)N(Cc1ccc(C(=O)N3CC=CC3)cc1)C(=O)CN(C(=O)c1ccc(Cl)cc1)C2. The summed E-state index contributed by atoms with van der Waals surface area (Å²) in [5.41, 5.74) is 4.34. The van der Waals surface area contributed by atoms with E-state index in [2.05, 4.69) is 4.72 Å². The van der Waals surface area contributed by atoms with Gasteiger partial charge >= 0.3 is 0 Å². The Morgan fingerprint density at radius 2 is 1.44 bits per heavy atom. The number of carbonyl (C=O) groups is 3. The van der Waals surface area contributed by atoms with Gasteiger partial charge in [0.25, 0.3) is 11.8 Å². The fraction of sp³-hybridized carbons (Fsp3) is 0.281. The van der Waals surface area contributed by atoms with E-state index in [0.29, 0.717) is 54.3 Å². The molecule has 0 radical (unpaired) electrons. The fourth-order valence-electron chi connectivity index (χ4n) is 5.20. The maximum absolute atomic E-state index is 13.8. The highest BCUT2D eigenvalue weighted by molar-refractivity contribution is 7.88. The molecular weight excluding hydrogens is 588 g/mol. The molecule has 5 rings (SSSR count). The Kier molecular flexibility index (Phi) is 9.29. The highest BCUT2D eigenvalue weighted by Crippen LogP contribution is 2.30. The lowest BCUT2D eigenvalue weighted by atomic mass is 10.0. The van der Waals surface area contributed by atoms with Gasteiger partial charge in [-0.05, 0) is 72.0 Å². The second kappa shape index (κ2) is 13.1. The molecule has 0 aliphatic carbocycles. The van der Waals surface area contributed by atoms with Crippen molar-refractivity contribution in [2.45, 2.75) is 25.9 Å². The molecule has 9 nitrogen and oxygen atoms in total. The van der Waals surface area contributed by atoms with Crippen molar-refractivity contribution in [1.29, 1.82) is 0 Å². The highest BCUT2D eigenvalue weighted by atomic mass is 35.5. The average Bonchev–Trinajstić information content (AvgIpc) is 3.49. The first-order valence-electron chi connectivity index (χ1n) is 14.0. The molecule has 3 amide bonds. The Labute approximate surface area is 256 Å². The van der Waals surface area contributed by atoms with Gasteiger partial charge in [0.15, 0.2) is 0 Å². The zero-order chi connectivity index (χ0) is 30.6. The number of sulfonamides is 1. The summed E-state index contributed by atoms with van der Waals surface area (Å²) in [7, 11) is -3.28. The highest BCUT2D eigenvalue weighted by Gasteiger charge is 2.30. The first kappa shape index (κ1) is 30.5. The van der Waals surface area contributed by atoms with E-state index in [1.54, 1.807) is 46.2 Å². The predicted octanol–water partition coefficient (Wildman–Crippen LogP) is 4.02. The molecule has 2 aliphatic heterocycles. The van der Waals surface area contributed by atoms with Gasteiger partial charge in [-0.2, -0.15) is 0 Å². The van der Waals surface area contributed by atoms with Gasteiger partial charge in [0.1, 0.15) is 6.54 Å². The Morgan fingerprint density at radius 1 is 0.837 bits per heavy atom. The molecule has 11 heteroatoms. The van der Waals surface area contributed by atoms with Gasteiger partial charge in [-0.25, -0.2) is 13.1 Å². The van der Waals surface area contributed by atoms with Gasteiger partial charge in [0.2, 0.25) is 15.9 Å². The largest absolute Gasteiger partial charge is 0.331 e. The van der Waals surface area contributed by atoms with E-state index in [1.165, 1.54) is 4.90 Å². The standard InChI is InChI=1S/C32H33ClN4O5S/c1-43(41,42)34-16-4-5-23-6-11-27-21-36(32(40)26-12-14-28(33)15-13-26)22-30(38)37(29(27)19-23)20-24-7-9-25(10-8-24)31(39)35-17-2-3-18-35/h2-3,6-15,19,34H,4-5,16-18,20-22H2,1H3. The van der Waals surface area contributed by atoms with Gasteiger partial charge in [-0.15, -0.1) is 0 Å². The first-order chi connectivity index (χ1) is 20.6. The minimum atomic E-state index is -3.28. The molecule has 0 atom stereocenters. The molecule has 224 valence electrons. The first-order valence-corrected chi connectivity index (χ1v) is 16.3. The summed E-state index contributed by atoms with van der Waals surface area (Å²) in [4.78, 5) is 45.0. The summed E-state index contributed by atoms with van der Waals surface area (Å²) >= 11 is 6.01. The predicted molar refractivity (Wildman–Crippen MR) is 166 cm³/mol. The molecule has 0 fully saturated rings. The molecular formula is C32H33ClN4O5S. The van der Waals surface area contributed by atoms with Crippen LogP contribution in [0.1, 0.15) is 43.8 Å². The van der Waals surface area contributed by atoms with Crippen molar-refractivity contribution in [3.8, 4) is 0 Å². The number of nitrogens with zero attached hydrogens (tertiary/aromatic N) is 3. The summed E-state index contributed by atoms with van der Waals surface area (Å²) in [5.74, 6) is -0.549. The summed E-state index contributed by atoms with van der Waals surface area (Å²) in [6, 6.07) is 19.7. The van der Waals surface area contributed by atoms with Gasteiger partial charge in [-0.3, -0.25) is 14.4 Å². The Balaban J connectivity index is 1.40. The van der Waals surface area contributed by atoms with E-state index in [0.717, 1.165) is 22.9 Å². The van der Waals surface area contributed by atoms with Crippen LogP contribution < -0.4 is 9.62 Å². The summed E-state index contributed by atoms with van der Waals surface area (Å²) in [6.45, 7) is 1.89. The van der Waals surface area contributed by atoms with E-state index in [-0.39, 0.29) is 37.4 Å². The lowest BCUT2D eigenvalue weighted by Crippen LogP contribution is -2.39. The number of fused-ring (bicyclic) bond motifs is 1. The van der Waals surface area contributed by atoms with Gasteiger partial charge in [0.05, 0.1) is 12.8 Å². The Morgan fingerprint density at radius 3 is 2.09 bits per heavy atom. The maximum atomic E-state index is 13.8. The van der Waals surface area contributed by atoms with Gasteiger partial charge < -0.3 is 14.7 Å². The zero-order valence-corrected chi connectivity index (χ0v) is 25.4. The lowest BCUT2D eigenvalue weighted by Gasteiger charge is -2.24. The average molecular weight is 621 g/mol. The van der Waals surface area contributed by atoms with Crippen LogP contribution >= 0.6 is 11.6 Å². The number of nitrogens with one attached hydrogen (secondary N) is 1.